The molecule has 0 amide bonds. The SMILES string of the molecule is CCCCCC(CC)OC1=CCc2cccnc21. The van der Waals surface area contributed by atoms with Gasteiger partial charge in [-0.1, -0.05) is 32.8 Å². The second-order valence-corrected chi connectivity index (χ2v) is 4.93. The Balaban J connectivity index is 1.93. The van der Waals surface area contributed by atoms with Crippen LogP contribution in [-0.4, -0.2) is 11.1 Å². The molecule has 1 unspecified atom stereocenters. The lowest BCUT2D eigenvalue weighted by molar-refractivity contribution is 0.149. The number of nitrogens with zero attached hydrogens (tertiary/aromatic N) is 1. The molecule has 0 saturated heterocycles. The largest absolute Gasteiger partial charge is 0.488 e. The van der Waals surface area contributed by atoms with Crippen LogP contribution in [0.15, 0.2) is 24.4 Å². The van der Waals surface area contributed by atoms with E-state index >= 15 is 0 Å². The van der Waals surface area contributed by atoms with Gasteiger partial charge >= 0.3 is 0 Å². The quantitative estimate of drug-likeness (QED) is 0.666. The van der Waals surface area contributed by atoms with Crippen LogP contribution < -0.4 is 0 Å². The topological polar surface area (TPSA) is 22.1 Å². The summed E-state index contributed by atoms with van der Waals surface area (Å²) in [4.78, 5) is 4.43. The van der Waals surface area contributed by atoms with Crippen molar-refractivity contribution < 1.29 is 4.74 Å². The third kappa shape index (κ3) is 3.12. The maximum atomic E-state index is 6.13. The van der Waals surface area contributed by atoms with E-state index in [1.54, 1.807) is 0 Å². The highest BCUT2D eigenvalue weighted by molar-refractivity contribution is 5.64. The predicted octanol–water partition coefficient (Wildman–Crippen LogP) is 4.35. The molecular formula is C16H23NO. The summed E-state index contributed by atoms with van der Waals surface area (Å²) in [6.07, 6.45) is 11.4. The second kappa shape index (κ2) is 6.58. The molecule has 0 spiro atoms. The summed E-state index contributed by atoms with van der Waals surface area (Å²) in [7, 11) is 0. The Morgan fingerprint density at radius 1 is 1.33 bits per heavy atom. The molecule has 1 heterocycles. The Hall–Kier alpha value is -1.31. The summed E-state index contributed by atoms with van der Waals surface area (Å²) in [6, 6.07) is 4.13. The first-order chi connectivity index (χ1) is 8.85. The zero-order valence-electron chi connectivity index (χ0n) is 11.5. The lowest BCUT2D eigenvalue weighted by Gasteiger charge is -2.18. The maximum absolute atomic E-state index is 6.13. The maximum Gasteiger partial charge on any atom is 0.141 e. The van der Waals surface area contributed by atoms with Gasteiger partial charge < -0.3 is 4.74 Å². The highest BCUT2D eigenvalue weighted by atomic mass is 16.5. The van der Waals surface area contributed by atoms with Crippen LogP contribution in [0.4, 0.5) is 0 Å². The van der Waals surface area contributed by atoms with Crippen LogP contribution in [0.3, 0.4) is 0 Å². The van der Waals surface area contributed by atoms with Crippen molar-refractivity contribution >= 4 is 5.76 Å². The molecule has 1 aromatic heterocycles. The van der Waals surface area contributed by atoms with Gasteiger partial charge in [0.05, 0.1) is 6.10 Å². The first-order valence-corrected chi connectivity index (χ1v) is 7.16. The predicted molar refractivity (Wildman–Crippen MR) is 75.2 cm³/mol. The molecule has 1 aromatic rings. The molecule has 0 aliphatic heterocycles. The molecule has 1 aliphatic rings. The van der Waals surface area contributed by atoms with E-state index in [-0.39, 0.29) is 0 Å². The van der Waals surface area contributed by atoms with Crippen molar-refractivity contribution in [3.63, 3.8) is 0 Å². The molecule has 0 N–H and O–H groups in total. The van der Waals surface area contributed by atoms with Crippen molar-refractivity contribution in [1.82, 2.24) is 4.98 Å². The van der Waals surface area contributed by atoms with Crippen molar-refractivity contribution in [3.8, 4) is 0 Å². The Bertz CT molecular complexity index is 411. The molecule has 0 fully saturated rings. The Morgan fingerprint density at radius 2 is 2.22 bits per heavy atom. The van der Waals surface area contributed by atoms with Gasteiger partial charge in [-0.3, -0.25) is 4.98 Å². The smallest absolute Gasteiger partial charge is 0.141 e. The number of hydrogen-bond donors (Lipinski definition) is 0. The number of hydrogen-bond acceptors (Lipinski definition) is 2. The van der Waals surface area contributed by atoms with E-state index in [9.17, 15) is 0 Å². The van der Waals surface area contributed by atoms with Gasteiger partial charge in [0.1, 0.15) is 11.5 Å². The van der Waals surface area contributed by atoms with Crippen LogP contribution in [0, 0.1) is 0 Å². The minimum absolute atomic E-state index is 0.343. The average Bonchev–Trinajstić information content (AvgIpc) is 2.81. The van der Waals surface area contributed by atoms with Gasteiger partial charge in [0, 0.05) is 6.20 Å². The first-order valence-electron chi connectivity index (χ1n) is 7.16. The van der Waals surface area contributed by atoms with Crippen molar-refractivity contribution in [3.05, 3.63) is 35.7 Å². The van der Waals surface area contributed by atoms with E-state index in [2.05, 4.69) is 31.0 Å². The monoisotopic (exact) mass is 245 g/mol. The van der Waals surface area contributed by atoms with Gasteiger partial charge in [-0.15, -0.1) is 0 Å². The summed E-state index contributed by atoms with van der Waals surface area (Å²) in [5, 5.41) is 0. The third-order valence-electron chi connectivity index (χ3n) is 3.51. The molecule has 2 rings (SSSR count). The number of fused-ring (bicyclic) bond motifs is 1. The minimum Gasteiger partial charge on any atom is -0.488 e. The van der Waals surface area contributed by atoms with Crippen molar-refractivity contribution in [2.45, 2.75) is 58.5 Å². The van der Waals surface area contributed by atoms with Crippen LogP contribution in [0.1, 0.15) is 57.2 Å². The van der Waals surface area contributed by atoms with Gasteiger partial charge in [-0.2, -0.15) is 0 Å². The fourth-order valence-corrected chi connectivity index (χ4v) is 2.38. The molecule has 18 heavy (non-hydrogen) atoms. The summed E-state index contributed by atoms with van der Waals surface area (Å²) in [5.74, 6) is 0.994. The second-order valence-electron chi connectivity index (χ2n) is 4.93. The highest BCUT2D eigenvalue weighted by Crippen LogP contribution is 2.28. The van der Waals surface area contributed by atoms with Crippen LogP contribution in [0.25, 0.3) is 5.76 Å². The molecule has 2 nitrogen and oxygen atoms in total. The molecule has 2 heteroatoms. The average molecular weight is 245 g/mol. The molecule has 0 bridgehead atoms. The minimum atomic E-state index is 0.343. The van der Waals surface area contributed by atoms with Crippen LogP contribution in [-0.2, 0) is 11.2 Å². The molecule has 0 radical (unpaired) electrons. The molecule has 1 atom stereocenters. The normalized spacial score (nSPS) is 15.1. The Morgan fingerprint density at radius 3 is 3.00 bits per heavy atom. The summed E-state index contributed by atoms with van der Waals surface area (Å²) in [5.41, 5.74) is 2.34. The van der Waals surface area contributed by atoms with Gasteiger partial charge in [-0.25, -0.2) is 0 Å². The van der Waals surface area contributed by atoms with Crippen molar-refractivity contribution in [2.24, 2.45) is 0 Å². The summed E-state index contributed by atoms with van der Waals surface area (Å²) >= 11 is 0. The van der Waals surface area contributed by atoms with Gasteiger partial charge in [0.15, 0.2) is 0 Å². The molecular weight excluding hydrogens is 222 g/mol. The number of ether oxygens (including phenoxy) is 1. The summed E-state index contributed by atoms with van der Waals surface area (Å²) in [6.45, 7) is 4.44. The number of allylic oxidation sites excluding steroid dienone is 1. The molecule has 1 aliphatic carbocycles. The summed E-state index contributed by atoms with van der Waals surface area (Å²) < 4.78 is 6.13. The number of unbranched alkanes of at least 4 members (excludes halogenated alkanes) is 2. The lowest BCUT2D eigenvalue weighted by Crippen LogP contribution is -2.11. The number of pyridine rings is 1. The van der Waals surface area contributed by atoms with Crippen LogP contribution in [0.2, 0.25) is 0 Å². The highest BCUT2D eigenvalue weighted by Gasteiger charge is 2.19. The van der Waals surface area contributed by atoms with E-state index in [0.717, 1.165) is 30.7 Å². The van der Waals surface area contributed by atoms with Crippen molar-refractivity contribution in [1.29, 1.82) is 0 Å². The Kier molecular flexibility index (Phi) is 4.80. The zero-order chi connectivity index (χ0) is 12.8. The molecule has 0 saturated carbocycles. The van der Waals surface area contributed by atoms with Crippen LogP contribution in [0.5, 0.6) is 0 Å². The first kappa shape index (κ1) is 13.1. The molecule has 98 valence electrons. The van der Waals surface area contributed by atoms with Gasteiger partial charge in [0.25, 0.3) is 0 Å². The van der Waals surface area contributed by atoms with E-state index in [1.807, 2.05) is 12.3 Å². The standard InChI is InChI=1S/C16H23NO/c1-3-5-6-9-14(4-2)18-15-11-10-13-8-7-12-17-16(13)15/h7-8,11-12,14H,3-6,9-10H2,1-2H3. The third-order valence-corrected chi connectivity index (χ3v) is 3.51. The van der Waals surface area contributed by atoms with E-state index in [4.69, 9.17) is 4.74 Å². The van der Waals surface area contributed by atoms with E-state index < -0.39 is 0 Å². The van der Waals surface area contributed by atoms with Gasteiger partial charge in [-0.05, 0) is 43.4 Å². The van der Waals surface area contributed by atoms with E-state index in [0.29, 0.717) is 6.10 Å². The Labute approximate surface area is 110 Å². The molecule has 0 aromatic carbocycles. The van der Waals surface area contributed by atoms with Crippen molar-refractivity contribution in [2.75, 3.05) is 0 Å². The fourth-order valence-electron chi connectivity index (χ4n) is 2.38. The zero-order valence-corrected chi connectivity index (χ0v) is 11.5. The fraction of sp³-hybridized carbons (Fsp3) is 0.562. The lowest BCUT2D eigenvalue weighted by atomic mass is 10.1. The van der Waals surface area contributed by atoms with E-state index in [1.165, 1.54) is 24.8 Å². The number of aromatic nitrogens is 1. The number of rotatable bonds is 7. The van der Waals surface area contributed by atoms with Crippen LogP contribution >= 0.6 is 0 Å². The van der Waals surface area contributed by atoms with Gasteiger partial charge in [0.2, 0.25) is 0 Å².